The number of benzene rings is 1. The number of esters is 1. The second kappa shape index (κ2) is 5.14. The summed E-state index contributed by atoms with van der Waals surface area (Å²) in [5, 5.41) is -0.866. The maximum absolute atomic E-state index is 13.5. The van der Waals surface area contributed by atoms with E-state index in [0.717, 1.165) is 25.0 Å². The van der Waals surface area contributed by atoms with Crippen LogP contribution in [-0.2, 0) is 20.3 Å². The summed E-state index contributed by atoms with van der Waals surface area (Å²) in [5.74, 6) is -2.29. The molecular weight excluding hydrogens is 262 g/mol. The molecular formula is C12H12F2O3S. The molecule has 0 radical (unpaired) electrons. The first kappa shape index (κ1) is 13.1. The fourth-order valence-electron chi connectivity index (χ4n) is 1.74. The molecule has 0 aliphatic heterocycles. The second-order valence-corrected chi connectivity index (χ2v) is 5.70. The molecule has 3 nitrogen and oxygen atoms in total. The Hall–Kier alpha value is -1.30. The largest absolute Gasteiger partial charge is 0.468 e. The van der Waals surface area contributed by atoms with Crippen molar-refractivity contribution in [2.45, 2.75) is 23.0 Å². The van der Waals surface area contributed by atoms with Gasteiger partial charge in [0, 0.05) is 6.07 Å². The highest BCUT2D eigenvalue weighted by Gasteiger charge is 2.42. The molecule has 0 aromatic heterocycles. The molecule has 0 bridgehead atoms. The molecule has 2 atom stereocenters. The molecule has 0 saturated heterocycles. The molecule has 1 saturated carbocycles. The lowest BCUT2D eigenvalue weighted by Gasteiger charge is -2.13. The Morgan fingerprint density at radius 1 is 1.44 bits per heavy atom. The van der Waals surface area contributed by atoms with Crippen LogP contribution in [0.25, 0.3) is 0 Å². The molecule has 1 aliphatic rings. The minimum absolute atomic E-state index is 0.0391. The van der Waals surface area contributed by atoms with Gasteiger partial charge in [0.2, 0.25) is 0 Å². The predicted molar refractivity (Wildman–Crippen MR) is 61.3 cm³/mol. The van der Waals surface area contributed by atoms with E-state index in [1.165, 1.54) is 7.11 Å². The van der Waals surface area contributed by atoms with Crippen LogP contribution in [0.5, 0.6) is 0 Å². The topological polar surface area (TPSA) is 43.4 Å². The smallest absolute Gasteiger partial charge is 0.322 e. The number of hydrogen-bond acceptors (Lipinski definition) is 3. The summed E-state index contributed by atoms with van der Waals surface area (Å²) in [6.45, 7) is 0. The number of methoxy groups -OCH3 is 1. The summed E-state index contributed by atoms with van der Waals surface area (Å²) < 4.78 is 43.1. The van der Waals surface area contributed by atoms with E-state index in [9.17, 15) is 17.8 Å². The number of rotatable bonds is 4. The van der Waals surface area contributed by atoms with E-state index in [4.69, 9.17) is 0 Å². The highest BCUT2D eigenvalue weighted by molar-refractivity contribution is 7.86. The Balaban J connectivity index is 2.30. The number of ether oxygens (including phenoxy) is 1. The summed E-state index contributed by atoms with van der Waals surface area (Å²) in [4.78, 5) is 11.4. The van der Waals surface area contributed by atoms with Crippen molar-refractivity contribution >= 4 is 16.8 Å². The van der Waals surface area contributed by atoms with E-state index in [0.29, 0.717) is 6.07 Å². The molecule has 1 aromatic rings. The third kappa shape index (κ3) is 2.58. The third-order valence-electron chi connectivity index (χ3n) is 2.82. The Bertz CT molecular complexity index is 500. The fraction of sp³-hybridized carbons (Fsp3) is 0.417. The monoisotopic (exact) mass is 274 g/mol. The first-order valence-electron chi connectivity index (χ1n) is 5.48. The maximum Gasteiger partial charge on any atom is 0.322 e. The van der Waals surface area contributed by atoms with Crippen LogP contribution < -0.4 is 0 Å². The molecule has 1 fully saturated rings. The van der Waals surface area contributed by atoms with Gasteiger partial charge < -0.3 is 4.74 Å². The molecule has 0 amide bonds. The summed E-state index contributed by atoms with van der Waals surface area (Å²) in [7, 11) is -0.651. The molecule has 1 aliphatic carbocycles. The molecule has 98 valence electrons. The summed E-state index contributed by atoms with van der Waals surface area (Å²) in [6.07, 6.45) is 1.54. The van der Waals surface area contributed by atoms with Crippen LogP contribution in [0.2, 0.25) is 0 Å². The van der Waals surface area contributed by atoms with E-state index >= 15 is 0 Å². The zero-order chi connectivity index (χ0) is 13.3. The van der Waals surface area contributed by atoms with Gasteiger partial charge in [-0.3, -0.25) is 9.00 Å². The van der Waals surface area contributed by atoms with Crippen molar-refractivity contribution in [2.24, 2.45) is 5.92 Å². The molecule has 1 aromatic carbocycles. The Kier molecular flexibility index (Phi) is 3.75. The first-order valence-corrected chi connectivity index (χ1v) is 6.69. The molecule has 0 heterocycles. The molecule has 0 N–H and O–H groups in total. The van der Waals surface area contributed by atoms with E-state index < -0.39 is 33.7 Å². The van der Waals surface area contributed by atoms with Crippen LogP contribution in [0.3, 0.4) is 0 Å². The minimum atomic E-state index is -1.85. The standard InChI is InChI=1S/C12H12F2O3S/c1-17-12(15)11(7-2-3-7)18(16)10-5-4-8(13)6-9(10)14/h4-7,11H,2-3H2,1H3. The average molecular weight is 274 g/mol. The molecule has 18 heavy (non-hydrogen) atoms. The highest BCUT2D eigenvalue weighted by Crippen LogP contribution is 2.37. The maximum atomic E-state index is 13.5. The molecule has 2 unspecified atom stereocenters. The van der Waals surface area contributed by atoms with Crippen molar-refractivity contribution in [3.8, 4) is 0 Å². The summed E-state index contributed by atoms with van der Waals surface area (Å²) >= 11 is 0. The van der Waals surface area contributed by atoms with Crippen molar-refractivity contribution in [3.05, 3.63) is 29.8 Å². The van der Waals surface area contributed by atoms with Crippen LogP contribution in [0, 0.1) is 17.6 Å². The average Bonchev–Trinajstić information content (AvgIpc) is 3.13. The van der Waals surface area contributed by atoms with Gasteiger partial charge in [-0.2, -0.15) is 0 Å². The van der Waals surface area contributed by atoms with Crippen LogP contribution in [-0.4, -0.2) is 22.5 Å². The lowest BCUT2D eigenvalue weighted by molar-refractivity contribution is -0.140. The number of hydrogen-bond donors (Lipinski definition) is 0. The van der Waals surface area contributed by atoms with Crippen LogP contribution in [0.15, 0.2) is 23.1 Å². The van der Waals surface area contributed by atoms with Gasteiger partial charge in [0.05, 0.1) is 22.8 Å². The zero-order valence-corrected chi connectivity index (χ0v) is 10.5. The van der Waals surface area contributed by atoms with E-state index in [1.54, 1.807) is 0 Å². The van der Waals surface area contributed by atoms with E-state index in [-0.39, 0.29) is 10.8 Å². The van der Waals surface area contributed by atoms with Gasteiger partial charge in [-0.05, 0) is 30.9 Å². The van der Waals surface area contributed by atoms with Crippen molar-refractivity contribution in [2.75, 3.05) is 7.11 Å². The number of halogens is 2. The normalized spacial score (nSPS) is 18.2. The predicted octanol–water partition coefficient (Wildman–Crippen LogP) is 2.02. The van der Waals surface area contributed by atoms with E-state index in [2.05, 4.69) is 4.74 Å². The quantitative estimate of drug-likeness (QED) is 0.789. The van der Waals surface area contributed by atoms with Gasteiger partial charge in [0.1, 0.15) is 16.9 Å². The van der Waals surface area contributed by atoms with Gasteiger partial charge >= 0.3 is 5.97 Å². The first-order chi connectivity index (χ1) is 8.54. The second-order valence-electron chi connectivity index (χ2n) is 4.15. The Labute approximate surface area is 106 Å². The summed E-state index contributed by atoms with van der Waals surface area (Å²) in [6, 6.07) is 2.80. The summed E-state index contributed by atoms with van der Waals surface area (Å²) in [5.41, 5.74) is 0. The van der Waals surface area contributed by atoms with Crippen LogP contribution in [0.1, 0.15) is 12.8 Å². The molecule has 2 rings (SSSR count). The van der Waals surface area contributed by atoms with Crippen LogP contribution >= 0.6 is 0 Å². The molecule has 0 spiro atoms. The molecule has 6 heteroatoms. The number of carbonyl (C=O) groups excluding carboxylic acids is 1. The SMILES string of the molecule is COC(=O)C(C1CC1)S(=O)c1ccc(F)cc1F. The zero-order valence-electron chi connectivity index (χ0n) is 9.69. The van der Waals surface area contributed by atoms with Gasteiger partial charge in [-0.25, -0.2) is 8.78 Å². The van der Waals surface area contributed by atoms with Crippen molar-refractivity contribution in [1.82, 2.24) is 0 Å². The van der Waals surface area contributed by atoms with Crippen molar-refractivity contribution in [1.29, 1.82) is 0 Å². The van der Waals surface area contributed by atoms with Gasteiger partial charge in [-0.15, -0.1) is 0 Å². The van der Waals surface area contributed by atoms with Gasteiger partial charge in [0.15, 0.2) is 0 Å². The third-order valence-corrected chi connectivity index (χ3v) is 4.63. The highest BCUT2D eigenvalue weighted by atomic mass is 32.2. The fourth-order valence-corrected chi connectivity index (χ4v) is 3.36. The Morgan fingerprint density at radius 2 is 2.11 bits per heavy atom. The van der Waals surface area contributed by atoms with Crippen molar-refractivity contribution < 1.29 is 22.5 Å². The Morgan fingerprint density at radius 3 is 2.61 bits per heavy atom. The van der Waals surface area contributed by atoms with E-state index in [1.807, 2.05) is 0 Å². The number of carbonyl (C=O) groups is 1. The lowest BCUT2D eigenvalue weighted by Crippen LogP contribution is -2.29. The van der Waals surface area contributed by atoms with Gasteiger partial charge in [-0.1, -0.05) is 0 Å². The minimum Gasteiger partial charge on any atom is -0.468 e. The van der Waals surface area contributed by atoms with Gasteiger partial charge in [0.25, 0.3) is 0 Å². The lowest BCUT2D eigenvalue weighted by atomic mass is 10.3. The van der Waals surface area contributed by atoms with Crippen LogP contribution in [0.4, 0.5) is 8.78 Å². The van der Waals surface area contributed by atoms with Crippen molar-refractivity contribution in [3.63, 3.8) is 0 Å².